The summed E-state index contributed by atoms with van der Waals surface area (Å²) in [6.45, 7) is 5.91. The molecule has 0 aliphatic heterocycles. The van der Waals surface area contributed by atoms with Crippen LogP contribution in [0.5, 0.6) is 0 Å². The van der Waals surface area contributed by atoms with Crippen LogP contribution in [0.1, 0.15) is 31.4 Å². The largest absolute Gasteiger partial charge is 0.384 e. The second-order valence-corrected chi connectivity index (χ2v) is 4.94. The molecule has 0 spiro atoms. The van der Waals surface area contributed by atoms with Crippen LogP contribution in [0.2, 0.25) is 0 Å². The number of nitrogen functional groups attached to an aromatic ring is 1. The SMILES string of the molecule is Cc1nc(Sc2cc(N)nc(C(C)C)n2)n[nH]1. The average Bonchev–Trinajstić information content (AvgIpc) is 2.63. The lowest BCUT2D eigenvalue weighted by molar-refractivity contribution is 0.756. The van der Waals surface area contributed by atoms with Crippen LogP contribution in [-0.4, -0.2) is 25.1 Å². The molecule has 0 aliphatic carbocycles. The minimum Gasteiger partial charge on any atom is -0.384 e. The molecule has 6 nitrogen and oxygen atoms in total. The van der Waals surface area contributed by atoms with Crippen LogP contribution in [0.25, 0.3) is 0 Å². The van der Waals surface area contributed by atoms with E-state index in [2.05, 4.69) is 25.1 Å². The number of nitrogens with one attached hydrogen (secondary N) is 1. The molecular weight excluding hydrogens is 236 g/mol. The molecule has 0 aliphatic rings. The van der Waals surface area contributed by atoms with E-state index in [4.69, 9.17) is 5.73 Å². The van der Waals surface area contributed by atoms with Gasteiger partial charge in [0, 0.05) is 12.0 Å². The van der Waals surface area contributed by atoms with Crippen LogP contribution in [0, 0.1) is 6.92 Å². The predicted octanol–water partition coefficient (Wildman–Crippen LogP) is 1.76. The smallest absolute Gasteiger partial charge is 0.214 e. The Morgan fingerprint density at radius 3 is 2.65 bits per heavy atom. The van der Waals surface area contributed by atoms with E-state index in [9.17, 15) is 0 Å². The Balaban J connectivity index is 2.26. The number of aromatic nitrogens is 5. The fourth-order valence-corrected chi connectivity index (χ4v) is 2.01. The zero-order chi connectivity index (χ0) is 12.4. The van der Waals surface area contributed by atoms with Crippen LogP contribution < -0.4 is 5.73 Å². The third kappa shape index (κ3) is 2.94. The first-order chi connectivity index (χ1) is 8.04. The fourth-order valence-electron chi connectivity index (χ4n) is 1.23. The Labute approximate surface area is 103 Å². The fraction of sp³-hybridized carbons (Fsp3) is 0.400. The maximum atomic E-state index is 5.74. The van der Waals surface area contributed by atoms with Crippen LogP contribution >= 0.6 is 11.8 Å². The van der Waals surface area contributed by atoms with Gasteiger partial charge in [-0.05, 0) is 18.7 Å². The van der Waals surface area contributed by atoms with E-state index in [1.165, 1.54) is 11.8 Å². The van der Waals surface area contributed by atoms with Gasteiger partial charge in [0.05, 0.1) is 0 Å². The first-order valence-corrected chi connectivity index (χ1v) is 6.07. The highest BCUT2D eigenvalue weighted by Crippen LogP contribution is 2.25. The minimum absolute atomic E-state index is 0.242. The summed E-state index contributed by atoms with van der Waals surface area (Å²) >= 11 is 1.37. The zero-order valence-corrected chi connectivity index (χ0v) is 10.7. The molecule has 0 fully saturated rings. The van der Waals surface area contributed by atoms with Crippen molar-refractivity contribution in [3.8, 4) is 0 Å². The number of H-pyrrole nitrogens is 1. The molecule has 0 saturated heterocycles. The Bertz CT molecular complexity index is 521. The van der Waals surface area contributed by atoms with Gasteiger partial charge in [-0.1, -0.05) is 13.8 Å². The van der Waals surface area contributed by atoms with Crippen LogP contribution in [-0.2, 0) is 0 Å². The molecule has 0 bridgehead atoms. The Morgan fingerprint density at radius 1 is 1.29 bits per heavy atom. The summed E-state index contributed by atoms with van der Waals surface area (Å²) in [7, 11) is 0. The summed E-state index contributed by atoms with van der Waals surface area (Å²) in [4.78, 5) is 12.8. The van der Waals surface area contributed by atoms with E-state index in [0.29, 0.717) is 11.0 Å². The van der Waals surface area contributed by atoms with E-state index in [1.807, 2.05) is 20.8 Å². The van der Waals surface area contributed by atoms with E-state index >= 15 is 0 Å². The highest BCUT2D eigenvalue weighted by atomic mass is 32.2. The molecular formula is C10H14N6S. The second kappa shape index (κ2) is 4.70. The molecule has 2 aromatic heterocycles. The summed E-state index contributed by atoms with van der Waals surface area (Å²) in [5.41, 5.74) is 5.74. The molecule has 2 aromatic rings. The summed E-state index contributed by atoms with van der Waals surface area (Å²) in [5, 5.41) is 8.22. The Hall–Kier alpha value is -1.63. The van der Waals surface area contributed by atoms with Crippen LogP contribution in [0.15, 0.2) is 16.2 Å². The maximum Gasteiger partial charge on any atom is 0.214 e. The number of aromatic amines is 1. The minimum atomic E-state index is 0.242. The lowest BCUT2D eigenvalue weighted by Gasteiger charge is -2.06. The van der Waals surface area contributed by atoms with Crippen molar-refractivity contribution < 1.29 is 0 Å². The van der Waals surface area contributed by atoms with Gasteiger partial charge < -0.3 is 5.73 Å². The standard InChI is InChI=1S/C10H14N6S/c1-5(2)9-13-7(11)4-8(14-9)17-10-12-6(3)15-16-10/h4-5H,1-3H3,(H2,11,13,14)(H,12,15,16). The molecule has 90 valence electrons. The van der Waals surface area contributed by atoms with Crippen molar-refractivity contribution in [1.82, 2.24) is 25.1 Å². The third-order valence-corrected chi connectivity index (χ3v) is 2.81. The number of aryl methyl sites for hydroxylation is 1. The first-order valence-electron chi connectivity index (χ1n) is 5.26. The van der Waals surface area contributed by atoms with Crippen molar-refractivity contribution in [2.45, 2.75) is 36.9 Å². The van der Waals surface area contributed by atoms with Gasteiger partial charge in [-0.2, -0.15) is 0 Å². The van der Waals surface area contributed by atoms with Crippen LogP contribution in [0.4, 0.5) is 5.82 Å². The van der Waals surface area contributed by atoms with Gasteiger partial charge in [-0.25, -0.2) is 15.0 Å². The molecule has 2 heterocycles. The molecule has 7 heteroatoms. The molecule has 2 rings (SSSR count). The summed E-state index contributed by atoms with van der Waals surface area (Å²) in [6.07, 6.45) is 0. The van der Waals surface area contributed by atoms with Crippen molar-refractivity contribution in [2.75, 3.05) is 5.73 Å². The maximum absolute atomic E-state index is 5.74. The quantitative estimate of drug-likeness (QED) is 0.806. The highest BCUT2D eigenvalue weighted by Gasteiger charge is 2.09. The lowest BCUT2D eigenvalue weighted by Crippen LogP contribution is -2.02. The number of hydrogen-bond acceptors (Lipinski definition) is 6. The van der Waals surface area contributed by atoms with Crippen LogP contribution in [0.3, 0.4) is 0 Å². The van der Waals surface area contributed by atoms with Gasteiger partial charge in [0.1, 0.15) is 22.5 Å². The number of nitrogens with two attached hydrogens (primary N) is 1. The van der Waals surface area contributed by atoms with Gasteiger partial charge in [0.25, 0.3) is 0 Å². The van der Waals surface area contributed by atoms with E-state index in [-0.39, 0.29) is 5.92 Å². The molecule has 0 amide bonds. The summed E-state index contributed by atoms with van der Waals surface area (Å²) in [6, 6.07) is 1.72. The Kier molecular flexibility index (Phi) is 3.28. The van der Waals surface area contributed by atoms with Gasteiger partial charge in [0.15, 0.2) is 0 Å². The number of anilines is 1. The highest BCUT2D eigenvalue weighted by molar-refractivity contribution is 7.99. The molecule has 0 atom stereocenters. The van der Waals surface area contributed by atoms with E-state index in [1.54, 1.807) is 6.07 Å². The second-order valence-electron chi connectivity index (χ2n) is 3.95. The lowest BCUT2D eigenvalue weighted by atomic mass is 10.2. The topological polar surface area (TPSA) is 93.4 Å². The molecule has 0 aromatic carbocycles. The van der Waals surface area contributed by atoms with Crippen molar-refractivity contribution >= 4 is 17.6 Å². The van der Waals surface area contributed by atoms with Crippen molar-refractivity contribution in [1.29, 1.82) is 0 Å². The summed E-state index contributed by atoms with van der Waals surface area (Å²) in [5.74, 6) is 2.23. The molecule has 0 saturated carbocycles. The summed E-state index contributed by atoms with van der Waals surface area (Å²) < 4.78 is 0. The van der Waals surface area contributed by atoms with Gasteiger partial charge in [-0.3, -0.25) is 5.10 Å². The number of hydrogen-bond donors (Lipinski definition) is 2. The van der Waals surface area contributed by atoms with Gasteiger partial charge in [0.2, 0.25) is 5.16 Å². The Morgan fingerprint density at radius 2 is 2.06 bits per heavy atom. The normalized spacial score (nSPS) is 11.1. The third-order valence-electron chi connectivity index (χ3n) is 2.03. The molecule has 3 N–H and O–H groups in total. The van der Waals surface area contributed by atoms with E-state index in [0.717, 1.165) is 16.7 Å². The average molecular weight is 250 g/mol. The van der Waals surface area contributed by atoms with Crippen molar-refractivity contribution in [2.24, 2.45) is 0 Å². The number of nitrogens with zero attached hydrogens (tertiary/aromatic N) is 4. The van der Waals surface area contributed by atoms with Gasteiger partial charge in [-0.15, -0.1) is 5.10 Å². The van der Waals surface area contributed by atoms with Gasteiger partial charge >= 0.3 is 0 Å². The van der Waals surface area contributed by atoms with Crippen molar-refractivity contribution in [3.05, 3.63) is 17.7 Å². The van der Waals surface area contributed by atoms with E-state index < -0.39 is 0 Å². The van der Waals surface area contributed by atoms with Crippen molar-refractivity contribution in [3.63, 3.8) is 0 Å². The molecule has 0 unspecified atom stereocenters. The monoisotopic (exact) mass is 250 g/mol. The predicted molar refractivity (Wildman–Crippen MR) is 65.8 cm³/mol. The number of rotatable bonds is 3. The zero-order valence-electron chi connectivity index (χ0n) is 9.93. The molecule has 17 heavy (non-hydrogen) atoms. The molecule has 0 radical (unpaired) electrons. The first kappa shape index (κ1) is 11.8.